The van der Waals surface area contributed by atoms with Gasteiger partial charge >= 0.3 is 0 Å². The van der Waals surface area contributed by atoms with E-state index in [0.29, 0.717) is 10.2 Å². The quantitative estimate of drug-likeness (QED) is 0.651. The molecule has 2 aromatic rings. The summed E-state index contributed by atoms with van der Waals surface area (Å²) >= 11 is 3.28. The molecule has 23 heavy (non-hydrogen) atoms. The molecule has 0 aliphatic carbocycles. The van der Waals surface area contributed by atoms with Crippen LogP contribution < -0.4 is 10.2 Å². The number of nitrogens with one attached hydrogen (secondary N) is 1. The summed E-state index contributed by atoms with van der Waals surface area (Å²) in [6.07, 6.45) is 5.87. The Morgan fingerprint density at radius 3 is 3.00 bits per heavy atom. The molecular formula is C15H18BrN5O2. The van der Waals surface area contributed by atoms with E-state index in [1.165, 1.54) is 6.07 Å². The summed E-state index contributed by atoms with van der Waals surface area (Å²) in [5.74, 6) is 0. The third kappa shape index (κ3) is 3.64. The summed E-state index contributed by atoms with van der Waals surface area (Å²) in [5.41, 5.74) is 1.75. The fourth-order valence-electron chi connectivity index (χ4n) is 2.90. The summed E-state index contributed by atoms with van der Waals surface area (Å²) in [6, 6.07) is 5.27. The molecule has 0 radical (unpaired) electrons. The van der Waals surface area contributed by atoms with E-state index in [1.54, 1.807) is 10.7 Å². The van der Waals surface area contributed by atoms with Gasteiger partial charge in [-0.15, -0.1) is 0 Å². The zero-order valence-electron chi connectivity index (χ0n) is 12.8. The molecule has 1 aliphatic rings. The van der Waals surface area contributed by atoms with E-state index in [1.807, 2.05) is 25.5 Å². The molecule has 1 atom stereocenters. The lowest BCUT2D eigenvalue weighted by molar-refractivity contribution is -0.384. The number of aromatic nitrogens is 2. The van der Waals surface area contributed by atoms with Crippen LogP contribution in [0.2, 0.25) is 0 Å². The number of nitro groups is 1. The molecular weight excluding hydrogens is 362 g/mol. The molecule has 1 fully saturated rings. The summed E-state index contributed by atoms with van der Waals surface area (Å²) < 4.78 is 2.49. The van der Waals surface area contributed by atoms with E-state index in [2.05, 4.69) is 31.2 Å². The molecule has 3 rings (SSSR count). The van der Waals surface area contributed by atoms with Gasteiger partial charge in [0, 0.05) is 42.9 Å². The number of nitrogens with zero attached hydrogens (tertiary/aromatic N) is 4. The van der Waals surface area contributed by atoms with E-state index >= 15 is 0 Å². The number of nitro benzene ring substituents is 1. The Hall–Kier alpha value is -2.09. The number of hydrogen-bond donors (Lipinski definition) is 1. The van der Waals surface area contributed by atoms with Crippen LogP contribution in [-0.4, -0.2) is 33.8 Å². The number of piperidine rings is 1. The molecule has 1 unspecified atom stereocenters. The Balaban J connectivity index is 1.74. The van der Waals surface area contributed by atoms with Crippen molar-refractivity contribution in [2.45, 2.75) is 18.9 Å². The van der Waals surface area contributed by atoms with Crippen molar-refractivity contribution < 1.29 is 4.92 Å². The van der Waals surface area contributed by atoms with Crippen LogP contribution in [-0.2, 0) is 7.05 Å². The van der Waals surface area contributed by atoms with E-state index in [9.17, 15) is 10.1 Å². The normalized spacial score (nSPS) is 18.0. The number of hydrogen-bond acceptors (Lipinski definition) is 5. The second kappa shape index (κ2) is 6.57. The fraction of sp³-hybridized carbons (Fsp3) is 0.400. The first-order valence-corrected chi connectivity index (χ1v) is 8.26. The lowest BCUT2D eigenvalue weighted by Gasteiger charge is -2.34. The highest BCUT2D eigenvalue weighted by Gasteiger charge is 2.23. The van der Waals surface area contributed by atoms with Gasteiger partial charge in [0.25, 0.3) is 5.69 Å². The third-order valence-corrected chi connectivity index (χ3v) is 4.49. The van der Waals surface area contributed by atoms with E-state index in [0.717, 1.165) is 31.6 Å². The van der Waals surface area contributed by atoms with Crippen LogP contribution in [0.3, 0.4) is 0 Å². The minimum absolute atomic E-state index is 0.0953. The summed E-state index contributed by atoms with van der Waals surface area (Å²) in [7, 11) is 1.90. The van der Waals surface area contributed by atoms with Crippen LogP contribution in [0, 0.1) is 10.1 Å². The van der Waals surface area contributed by atoms with Gasteiger partial charge in [-0.3, -0.25) is 14.8 Å². The number of anilines is 2. The van der Waals surface area contributed by atoms with Crippen LogP contribution in [0.1, 0.15) is 12.8 Å². The Labute approximate surface area is 142 Å². The van der Waals surface area contributed by atoms with Gasteiger partial charge in [-0.2, -0.15) is 5.10 Å². The summed E-state index contributed by atoms with van der Waals surface area (Å²) in [4.78, 5) is 13.1. The second-order valence-corrected chi connectivity index (χ2v) is 6.64. The minimum Gasteiger partial charge on any atom is -0.375 e. The number of rotatable bonds is 4. The lowest BCUT2D eigenvalue weighted by Crippen LogP contribution is -2.42. The van der Waals surface area contributed by atoms with Gasteiger partial charge in [0.1, 0.15) is 5.69 Å². The highest BCUT2D eigenvalue weighted by molar-refractivity contribution is 9.10. The van der Waals surface area contributed by atoms with E-state index in [-0.39, 0.29) is 16.7 Å². The van der Waals surface area contributed by atoms with Crippen LogP contribution in [0.5, 0.6) is 0 Å². The van der Waals surface area contributed by atoms with Crippen molar-refractivity contribution in [3.8, 4) is 0 Å². The monoisotopic (exact) mass is 379 g/mol. The maximum absolute atomic E-state index is 11.2. The second-order valence-electron chi connectivity index (χ2n) is 5.72. The smallest absolute Gasteiger partial charge is 0.293 e. The van der Waals surface area contributed by atoms with Crippen molar-refractivity contribution in [2.75, 3.05) is 23.3 Å². The molecule has 2 heterocycles. The van der Waals surface area contributed by atoms with Gasteiger partial charge in [0.15, 0.2) is 0 Å². The zero-order valence-corrected chi connectivity index (χ0v) is 14.4. The van der Waals surface area contributed by atoms with Crippen LogP contribution in [0.15, 0.2) is 35.1 Å². The number of halogens is 1. The average molecular weight is 380 g/mol. The lowest BCUT2D eigenvalue weighted by atomic mass is 10.0. The van der Waals surface area contributed by atoms with E-state index in [4.69, 9.17) is 0 Å². The topological polar surface area (TPSA) is 76.2 Å². The average Bonchev–Trinajstić information content (AvgIpc) is 2.96. The van der Waals surface area contributed by atoms with Gasteiger partial charge in [-0.05, 0) is 25.0 Å². The van der Waals surface area contributed by atoms with Gasteiger partial charge in [0.2, 0.25) is 0 Å². The standard InChI is InChI=1S/C15H18BrN5O2/c1-19-10-13(8-17-19)20-6-2-3-12(9-20)18-14-5-4-11(16)7-15(14)21(22)23/h4-5,7-8,10,12,18H,2-3,6,9H2,1H3. The number of aryl methyl sites for hydroxylation is 1. The van der Waals surface area contributed by atoms with Gasteiger partial charge in [-0.1, -0.05) is 15.9 Å². The van der Waals surface area contributed by atoms with Crippen molar-refractivity contribution >= 4 is 33.0 Å². The Bertz CT molecular complexity index is 718. The van der Waals surface area contributed by atoms with Crippen LogP contribution in [0.4, 0.5) is 17.1 Å². The molecule has 7 nitrogen and oxygen atoms in total. The highest BCUT2D eigenvalue weighted by atomic mass is 79.9. The summed E-state index contributed by atoms with van der Waals surface area (Å²) in [5, 5.41) is 18.8. The van der Waals surface area contributed by atoms with Crippen molar-refractivity contribution in [2.24, 2.45) is 7.05 Å². The zero-order chi connectivity index (χ0) is 16.4. The first-order chi connectivity index (χ1) is 11.0. The Kier molecular flexibility index (Phi) is 4.51. The van der Waals surface area contributed by atoms with Crippen LogP contribution >= 0.6 is 15.9 Å². The third-order valence-electron chi connectivity index (χ3n) is 3.99. The van der Waals surface area contributed by atoms with Crippen molar-refractivity contribution in [3.05, 3.63) is 45.2 Å². The largest absolute Gasteiger partial charge is 0.375 e. The predicted octanol–water partition coefficient (Wildman–Crippen LogP) is 3.17. The van der Waals surface area contributed by atoms with Gasteiger partial charge in [0.05, 0.1) is 16.8 Å². The van der Waals surface area contributed by atoms with Crippen LogP contribution in [0.25, 0.3) is 0 Å². The van der Waals surface area contributed by atoms with Crippen molar-refractivity contribution in [1.82, 2.24) is 9.78 Å². The molecule has 1 N–H and O–H groups in total. The Morgan fingerprint density at radius 2 is 2.30 bits per heavy atom. The molecule has 0 saturated carbocycles. The molecule has 1 aromatic carbocycles. The molecule has 0 spiro atoms. The first kappa shape index (κ1) is 15.8. The van der Waals surface area contributed by atoms with Gasteiger partial charge in [-0.25, -0.2) is 0 Å². The molecule has 0 bridgehead atoms. The molecule has 1 aliphatic heterocycles. The maximum atomic E-state index is 11.2. The molecule has 1 aromatic heterocycles. The molecule has 8 heteroatoms. The fourth-order valence-corrected chi connectivity index (χ4v) is 3.25. The SMILES string of the molecule is Cn1cc(N2CCCC(Nc3ccc(Br)cc3[N+](=O)[O-])C2)cn1. The molecule has 1 saturated heterocycles. The van der Waals surface area contributed by atoms with Crippen molar-refractivity contribution in [1.29, 1.82) is 0 Å². The van der Waals surface area contributed by atoms with Crippen molar-refractivity contribution in [3.63, 3.8) is 0 Å². The summed E-state index contributed by atoms with van der Waals surface area (Å²) in [6.45, 7) is 1.78. The Morgan fingerprint density at radius 1 is 1.48 bits per heavy atom. The first-order valence-electron chi connectivity index (χ1n) is 7.47. The maximum Gasteiger partial charge on any atom is 0.293 e. The van der Waals surface area contributed by atoms with E-state index < -0.39 is 0 Å². The molecule has 122 valence electrons. The van der Waals surface area contributed by atoms with Gasteiger partial charge < -0.3 is 10.2 Å². The molecule has 0 amide bonds. The predicted molar refractivity (Wildman–Crippen MR) is 92.9 cm³/mol. The minimum atomic E-state index is -0.352. The number of benzene rings is 1. The highest BCUT2D eigenvalue weighted by Crippen LogP contribution is 2.30.